The average molecular weight is 335 g/mol. The maximum atomic E-state index is 12.0. The third kappa shape index (κ3) is 3.36. The maximum absolute atomic E-state index is 12.0. The molecular weight excluding hydrogens is 320 g/mol. The molecule has 4 nitrogen and oxygen atoms in total. The largest absolute Gasteiger partial charge is 0.348 e. The second-order valence-electron chi connectivity index (χ2n) is 4.62. The van der Waals surface area contributed by atoms with Crippen LogP contribution in [0.15, 0.2) is 45.8 Å². The van der Waals surface area contributed by atoms with Gasteiger partial charge in [0.2, 0.25) is 0 Å². The van der Waals surface area contributed by atoms with Crippen LogP contribution in [0, 0.1) is 6.92 Å². The molecule has 0 saturated heterocycles. The van der Waals surface area contributed by atoms with Crippen LogP contribution in [-0.4, -0.2) is 10.5 Å². The van der Waals surface area contributed by atoms with Gasteiger partial charge in [0.1, 0.15) is 0 Å². The van der Waals surface area contributed by atoms with Crippen LogP contribution >= 0.6 is 15.9 Å². The molecular formula is C15H15BrN2O2. The Kier molecular flexibility index (Phi) is 4.39. The van der Waals surface area contributed by atoms with Crippen LogP contribution in [0.1, 0.15) is 21.5 Å². The molecule has 2 rings (SSSR count). The number of nitrogens with zero attached hydrogens (tertiary/aromatic N) is 1. The SMILES string of the molecule is Cc1ccc(Br)cc1CNC(=O)c1ccn(C)c(=O)c1. The summed E-state index contributed by atoms with van der Waals surface area (Å²) in [6.07, 6.45) is 1.58. The summed E-state index contributed by atoms with van der Waals surface area (Å²) in [5.74, 6) is -0.248. The second-order valence-corrected chi connectivity index (χ2v) is 5.53. The Morgan fingerprint density at radius 3 is 2.75 bits per heavy atom. The first-order valence-corrected chi connectivity index (χ1v) is 6.96. The van der Waals surface area contributed by atoms with Gasteiger partial charge in [-0.25, -0.2) is 0 Å². The highest BCUT2D eigenvalue weighted by Crippen LogP contribution is 2.15. The lowest BCUT2D eigenvalue weighted by Crippen LogP contribution is -2.26. The summed E-state index contributed by atoms with van der Waals surface area (Å²) in [6.45, 7) is 2.42. The van der Waals surface area contributed by atoms with Crippen molar-refractivity contribution < 1.29 is 4.79 Å². The predicted octanol–water partition coefficient (Wildman–Crippen LogP) is 2.39. The Balaban J connectivity index is 2.10. The van der Waals surface area contributed by atoms with Gasteiger partial charge in [0.05, 0.1) is 0 Å². The van der Waals surface area contributed by atoms with E-state index in [1.54, 1.807) is 19.3 Å². The van der Waals surface area contributed by atoms with E-state index >= 15 is 0 Å². The Bertz CT molecular complexity index is 707. The maximum Gasteiger partial charge on any atom is 0.251 e. The van der Waals surface area contributed by atoms with E-state index in [2.05, 4.69) is 21.2 Å². The van der Waals surface area contributed by atoms with E-state index in [9.17, 15) is 9.59 Å². The number of aromatic nitrogens is 1. The first-order chi connectivity index (χ1) is 9.47. The highest BCUT2D eigenvalue weighted by molar-refractivity contribution is 9.10. The number of benzene rings is 1. The standard InChI is InChI=1S/C15H15BrN2O2/c1-10-3-4-13(16)7-12(10)9-17-15(20)11-5-6-18(2)14(19)8-11/h3-8H,9H2,1-2H3,(H,17,20). The van der Waals surface area contributed by atoms with Gasteiger partial charge in [-0.15, -0.1) is 0 Å². The normalized spacial score (nSPS) is 10.3. The van der Waals surface area contributed by atoms with E-state index in [0.717, 1.165) is 15.6 Å². The molecule has 0 unspecified atom stereocenters. The molecule has 1 aromatic carbocycles. The van der Waals surface area contributed by atoms with Gasteiger partial charge in [0.25, 0.3) is 11.5 Å². The van der Waals surface area contributed by atoms with Crippen LogP contribution in [0.4, 0.5) is 0 Å². The fourth-order valence-corrected chi connectivity index (χ4v) is 2.21. The molecule has 0 saturated carbocycles. The fourth-order valence-electron chi connectivity index (χ4n) is 1.80. The van der Waals surface area contributed by atoms with Crippen molar-refractivity contribution in [3.8, 4) is 0 Å². The number of aryl methyl sites for hydroxylation is 2. The number of rotatable bonds is 3. The lowest BCUT2D eigenvalue weighted by atomic mass is 10.1. The minimum atomic E-state index is -0.248. The van der Waals surface area contributed by atoms with Crippen molar-refractivity contribution in [3.63, 3.8) is 0 Å². The Hall–Kier alpha value is -1.88. The molecule has 20 heavy (non-hydrogen) atoms. The Morgan fingerprint density at radius 1 is 1.30 bits per heavy atom. The number of hydrogen-bond acceptors (Lipinski definition) is 2. The van der Waals surface area contributed by atoms with E-state index in [0.29, 0.717) is 12.1 Å². The quantitative estimate of drug-likeness (QED) is 0.936. The first-order valence-electron chi connectivity index (χ1n) is 6.17. The number of hydrogen-bond donors (Lipinski definition) is 1. The first kappa shape index (κ1) is 14.5. The Labute approximate surface area is 125 Å². The summed E-state index contributed by atoms with van der Waals surface area (Å²) < 4.78 is 2.40. The van der Waals surface area contributed by atoms with E-state index in [1.165, 1.54) is 10.6 Å². The molecule has 1 aromatic heterocycles. The molecule has 0 spiro atoms. The molecule has 1 amide bonds. The van der Waals surface area contributed by atoms with Gasteiger partial charge in [-0.3, -0.25) is 9.59 Å². The van der Waals surface area contributed by atoms with E-state index in [1.807, 2.05) is 25.1 Å². The van der Waals surface area contributed by atoms with Gasteiger partial charge in [0, 0.05) is 35.9 Å². The van der Waals surface area contributed by atoms with Gasteiger partial charge in [0.15, 0.2) is 0 Å². The number of carbonyl (C=O) groups excluding carboxylic acids is 1. The van der Waals surface area contributed by atoms with Crippen molar-refractivity contribution in [2.75, 3.05) is 0 Å². The molecule has 0 atom stereocenters. The summed E-state index contributed by atoms with van der Waals surface area (Å²) in [6, 6.07) is 8.89. The van der Waals surface area contributed by atoms with Gasteiger partial charge in [-0.05, 0) is 36.2 Å². The van der Waals surface area contributed by atoms with Crippen LogP contribution in [0.2, 0.25) is 0 Å². The molecule has 104 valence electrons. The highest BCUT2D eigenvalue weighted by atomic mass is 79.9. The van der Waals surface area contributed by atoms with Crippen molar-refractivity contribution in [3.05, 3.63) is 68.0 Å². The van der Waals surface area contributed by atoms with Crippen molar-refractivity contribution in [2.24, 2.45) is 7.05 Å². The molecule has 1 N–H and O–H groups in total. The smallest absolute Gasteiger partial charge is 0.251 e. The molecule has 0 radical (unpaired) electrons. The number of amides is 1. The monoisotopic (exact) mass is 334 g/mol. The third-order valence-electron chi connectivity index (χ3n) is 3.12. The summed E-state index contributed by atoms with van der Waals surface area (Å²) in [4.78, 5) is 23.5. The van der Waals surface area contributed by atoms with Crippen molar-refractivity contribution in [1.82, 2.24) is 9.88 Å². The lowest BCUT2D eigenvalue weighted by Gasteiger charge is -2.09. The van der Waals surface area contributed by atoms with Gasteiger partial charge in [-0.1, -0.05) is 22.0 Å². The fraction of sp³-hybridized carbons (Fsp3) is 0.200. The van der Waals surface area contributed by atoms with Crippen LogP contribution in [0.25, 0.3) is 0 Å². The van der Waals surface area contributed by atoms with E-state index < -0.39 is 0 Å². The van der Waals surface area contributed by atoms with E-state index in [-0.39, 0.29) is 11.5 Å². The molecule has 0 aliphatic rings. The second kappa shape index (κ2) is 6.05. The Morgan fingerprint density at radius 2 is 2.05 bits per heavy atom. The molecule has 0 aliphatic carbocycles. The molecule has 0 fully saturated rings. The summed E-state index contributed by atoms with van der Waals surface area (Å²) in [5, 5.41) is 2.82. The van der Waals surface area contributed by atoms with Crippen molar-refractivity contribution in [2.45, 2.75) is 13.5 Å². The van der Waals surface area contributed by atoms with Crippen LogP contribution in [-0.2, 0) is 13.6 Å². The molecule has 0 aliphatic heterocycles. The summed E-state index contributed by atoms with van der Waals surface area (Å²) in [7, 11) is 1.65. The van der Waals surface area contributed by atoms with Crippen LogP contribution in [0.5, 0.6) is 0 Å². The molecule has 5 heteroatoms. The summed E-state index contributed by atoms with van der Waals surface area (Å²) in [5.41, 5.74) is 2.33. The topological polar surface area (TPSA) is 51.1 Å². The molecule has 1 heterocycles. The van der Waals surface area contributed by atoms with Gasteiger partial charge < -0.3 is 9.88 Å². The molecule has 2 aromatic rings. The van der Waals surface area contributed by atoms with Crippen LogP contribution < -0.4 is 10.9 Å². The zero-order chi connectivity index (χ0) is 14.7. The van der Waals surface area contributed by atoms with Crippen molar-refractivity contribution in [1.29, 1.82) is 0 Å². The summed E-state index contributed by atoms with van der Waals surface area (Å²) >= 11 is 3.41. The number of nitrogens with one attached hydrogen (secondary N) is 1. The minimum Gasteiger partial charge on any atom is -0.348 e. The third-order valence-corrected chi connectivity index (χ3v) is 3.61. The number of carbonyl (C=O) groups is 1. The predicted molar refractivity (Wildman–Crippen MR) is 81.7 cm³/mol. The lowest BCUT2D eigenvalue weighted by molar-refractivity contribution is 0.0950. The van der Waals surface area contributed by atoms with Crippen LogP contribution in [0.3, 0.4) is 0 Å². The molecule has 0 bridgehead atoms. The van der Waals surface area contributed by atoms with E-state index in [4.69, 9.17) is 0 Å². The van der Waals surface area contributed by atoms with Gasteiger partial charge in [-0.2, -0.15) is 0 Å². The highest BCUT2D eigenvalue weighted by Gasteiger charge is 2.07. The number of pyridine rings is 1. The minimum absolute atomic E-state index is 0.198. The zero-order valence-corrected chi connectivity index (χ0v) is 12.9. The number of halogens is 1. The zero-order valence-electron chi connectivity index (χ0n) is 11.3. The van der Waals surface area contributed by atoms with Gasteiger partial charge >= 0.3 is 0 Å². The average Bonchev–Trinajstić information content (AvgIpc) is 2.42. The van der Waals surface area contributed by atoms with Crippen molar-refractivity contribution >= 4 is 21.8 Å².